The maximum atomic E-state index is 15.0. The SMILES string of the molecule is COc1ccc([C@H](NC(=O)[C@H](Cc2ccc(OCC(=O)O)cc2)NC(=O)c2cccc(Cl)c2)C(=O)C[C@H](C(=O)C(F)(F)C(=O)NCC(F)(F)F)C(C)C)cc1. The maximum Gasteiger partial charge on any atom is 0.405 e. The fraction of sp³-hybridized carbons (Fsp3) is 0.351. The van der Waals surface area contributed by atoms with Gasteiger partial charge in [-0.1, -0.05) is 55.8 Å². The van der Waals surface area contributed by atoms with E-state index in [0.29, 0.717) is 11.3 Å². The summed E-state index contributed by atoms with van der Waals surface area (Å²) in [5.41, 5.74) is 0.616. The van der Waals surface area contributed by atoms with Gasteiger partial charge in [-0.3, -0.25) is 24.0 Å². The number of benzene rings is 3. The molecule has 0 radical (unpaired) electrons. The van der Waals surface area contributed by atoms with Gasteiger partial charge in [0.15, 0.2) is 12.4 Å². The van der Waals surface area contributed by atoms with Crippen LogP contribution < -0.4 is 25.4 Å². The fourth-order valence-electron chi connectivity index (χ4n) is 5.17. The highest BCUT2D eigenvalue weighted by molar-refractivity contribution is 6.31. The van der Waals surface area contributed by atoms with E-state index in [2.05, 4.69) is 10.6 Å². The van der Waals surface area contributed by atoms with Gasteiger partial charge in [0.05, 0.1) is 7.11 Å². The predicted octanol–water partition coefficient (Wildman–Crippen LogP) is 5.12. The zero-order valence-electron chi connectivity index (χ0n) is 29.5. The second kappa shape index (κ2) is 19.1. The minimum absolute atomic E-state index is 0.0731. The van der Waals surface area contributed by atoms with Crippen molar-refractivity contribution < 1.29 is 65.3 Å². The van der Waals surface area contributed by atoms with Gasteiger partial charge in [-0.2, -0.15) is 22.0 Å². The number of hydrogen-bond donors (Lipinski definition) is 4. The summed E-state index contributed by atoms with van der Waals surface area (Å²) in [6, 6.07) is 14.2. The Labute approximate surface area is 316 Å². The first-order valence-corrected chi connectivity index (χ1v) is 16.8. The van der Waals surface area contributed by atoms with Crippen LogP contribution in [-0.2, 0) is 30.4 Å². The average molecular weight is 798 g/mol. The summed E-state index contributed by atoms with van der Waals surface area (Å²) in [5, 5.41) is 15.2. The van der Waals surface area contributed by atoms with Crippen LogP contribution in [0.4, 0.5) is 22.0 Å². The number of hydrogen-bond acceptors (Lipinski definition) is 8. The molecule has 3 rings (SSSR count). The van der Waals surface area contributed by atoms with E-state index >= 15 is 0 Å². The fourth-order valence-corrected chi connectivity index (χ4v) is 5.36. The summed E-state index contributed by atoms with van der Waals surface area (Å²) in [5.74, 6) is -15.8. The molecule has 55 heavy (non-hydrogen) atoms. The van der Waals surface area contributed by atoms with Gasteiger partial charge in [0.1, 0.15) is 30.1 Å². The first-order valence-electron chi connectivity index (χ1n) is 16.5. The first-order chi connectivity index (χ1) is 25.7. The molecule has 0 heterocycles. The minimum atomic E-state index is -5.04. The zero-order valence-corrected chi connectivity index (χ0v) is 30.3. The number of carbonyl (C=O) groups is 6. The van der Waals surface area contributed by atoms with Crippen LogP contribution in [-0.4, -0.2) is 78.8 Å². The van der Waals surface area contributed by atoms with E-state index in [1.807, 2.05) is 0 Å². The Balaban J connectivity index is 1.97. The molecule has 0 spiro atoms. The molecule has 3 amide bonds. The molecule has 18 heteroatoms. The predicted molar refractivity (Wildman–Crippen MR) is 187 cm³/mol. The van der Waals surface area contributed by atoms with Gasteiger partial charge in [0, 0.05) is 29.3 Å². The number of nitrogens with one attached hydrogen (secondary N) is 3. The standard InChI is InChI=1S/C37H37ClF5N3O9/c1-20(2)27(32(50)37(42,43)35(53)44-19-36(39,40)41)17-29(47)31(22-9-13-25(54-3)14-10-22)46-34(52)28(45-33(51)23-5-4-6-24(38)16-23)15-21-7-11-26(12-8-21)55-18-30(48)49/h4-14,16,20,27-28,31H,15,17-19H2,1-3H3,(H,44,53)(H,45,51)(H,46,52)(H,48,49)/t27-,28-,31-/m0/s1. The molecule has 0 unspecified atom stereocenters. The number of ketones is 2. The second-order valence-electron chi connectivity index (χ2n) is 12.5. The van der Waals surface area contributed by atoms with Crippen LogP contribution in [0.1, 0.15) is 47.8 Å². The number of carbonyl (C=O) groups excluding carboxylic acids is 5. The van der Waals surface area contributed by atoms with Crippen molar-refractivity contribution in [2.24, 2.45) is 11.8 Å². The van der Waals surface area contributed by atoms with Crippen LogP contribution in [0.5, 0.6) is 11.5 Å². The molecule has 296 valence electrons. The molecular formula is C37H37ClF5N3O9. The molecule has 3 aromatic carbocycles. The quantitative estimate of drug-likeness (QED) is 0.0947. The monoisotopic (exact) mass is 797 g/mol. The number of methoxy groups -OCH3 is 1. The lowest BCUT2D eigenvalue weighted by Gasteiger charge is -2.27. The molecule has 0 saturated carbocycles. The number of carboxylic acids is 1. The average Bonchev–Trinajstić information content (AvgIpc) is 3.13. The highest BCUT2D eigenvalue weighted by Gasteiger charge is 2.52. The molecular weight excluding hydrogens is 761 g/mol. The molecule has 4 N–H and O–H groups in total. The van der Waals surface area contributed by atoms with Crippen molar-refractivity contribution in [1.29, 1.82) is 0 Å². The number of carboxylic acid groups (broad SMARTS) is 1. The van der Waals surface area contributed by atoms with Gasteiger partial charge in [-0.25, -0.2) is 4.79 Å². The van der Waals surface area contributed by atoms with E-state index < -0.39 is 90.8 Å². The van der Waals surface area contributed by atoms with Crippen LogP contribution in [0, 0.1) is 11.8 Å². The number of ether oxygens (including phenoxy) is 2. The summed E-state index contributed by atoms with van der Waals surface area (Å²) in [6.45, 7) is -0.157. The van der Waals surface area contributed by atoms with Gasteiger partial charge in [-0.05, 0) is 59.5 Å². The Bertz CT molecular complexity index is 1860. The van der Waals surface area contributed by atoms with E-state index in [0.717, 1.165) is 5.32 Å². The minimum Gasteiger partial charge on any atom is -0.497 e. The van der Waals surface area contributed by atoms with Crippen molar-refractivity contribution in [2.45, 2.75) is 50.9 Å². The number of rotatable bonds is 19. The number of aliphatic carboxylic acids is 1. The smallest absolute Gasteiger partial charge is 0.405 e. The van der Waals surface area contributed by atoms with Crippen molar-refractivity contribution >= 4 is 46.9 Å². The zero-order chi connectivity index (χ0) is 41.1. The van der Waals surface area contributed by atoms with Crippen LogP contribution >= 0.6 is 11.6 Å². The molecule has 0 saturated heterocycles. The van der Waals surface area contributed by atoms with Crippen molar-refractivity contribution in [2.75, 3.05) is 20.3 Å². The van der Waals surface area contributed by atoms with Crippen molar-refractivity contribution in [3.63, 3.8) is 0 Å². The van der Waals surface area contributed by atoms with Crippen molar-refractivity contribution in [3.05, 3.63) is 94.5 Å². The summed E-state index contributed by atoms with van der Waals surface area (Å²) < 4.78 is 78.0. The topological polar surface area (TPSA) is 177 Å². The van der Waals surface area contributed by atoms with Crippen LogP contribution in [0.15, 0.2) is 72.8 Å². The lowest BCUT2D eigenvalue weighted by molar-refractivity contribution is -0.167. The van der Waals surface area contributed by atoms with Crippen LogP contribution in [0.25, 0.3) is 0 Å². The number of alkyl halides is 5. The third-order valence-corrected chi connectivity index (χ3v) is 8.33. The van der Waals surface area contributed by atoms with Gasteiger partial charge < -0.3 is 30.5 Å². The first kappa shape index (κ1) is 43.8. The van der Waals surface area contributed by atoms with E-state index in [4.69, 9.17) is 26.2 Å². The van der Waals surface area contributed by atoms with E-state index in [1.54, 1.807) is 0 Å². The molecule has 0 fully saturated rings. The maximum absolute atomic E-state index is 15.0. The number of halogens is 6. The van der Waals surface area contributed by atoms with Gasteiger partial charge in [0.2, 0.25) is 11.7 Å². The lowest BCUT2D eigenvalue weighted by Crippen LogP contribution is -2.52. The van der Waals surface area contributed by atoms with E-state index in [1.165, 1.54) is 93.8 Å². The third kappa shape index (κ3) is 13.0. The largest absolute Gasteiger partial charge is 0.497 e. The molecule has 0 aliphatic rings. The summed E-state index contributed by atoms with van der Waals surface area (Å²) in [4.78, 5) is 77.2. The van der Waals surface area contributed by atoms with Crippen molar-refractivity contribution in [3.8, 4) is 11.5 Å². The lowest BCUT2D eigenvalue weighted by atomic mass is 9.82. The van der Waals surface area contributed by atoms with Crippen LogP contribution in [0.2, 0.25) is 5.02 Å². The molecule has 0 aliphatic carbocycles. The summed E-state index contributed by atoms with van der Waals surface area (Å²) in [7, 11) is 1.36. The third-order valence-electron chi connectivity index (χ3n) is 8.10. The van der Waals surface area contributed by atoms with Crippen LogP contribution in [0.3, 0.4) is 0 Å². The van der Waals surface area contributed by atoms with Crippen molar-refractivity contribution in [1.82, 2.24) is 16.0 Å². The molecule has 12 nitrogen and oxygen atoms in total. The van der Waals surface area contributed by atoms with Gasteiger partial charge in [0.25, 0.3) is 11.8 Å². The van der Waals surface area contributed by atoms with E-state index in [-0.39, 0.29) is 28.3 Å². The number of Topliss-reactive ketones (excluding diaryl/α,β-unsaturated/α-hetero) is 2. The Morgan fingerprint density at radius 2 is 1.47 bits per heavy atom. The molecule has 3 atom stereocenters. The summed E-state index contributed by atoms with van der Waals surface area (Å²) in [6.07, 6.45) is -6.22. The van der Waals surface area contributed by atoms with Gasteiger partial charge in [-0.15, -0.1) is 0 Å². The Kier molecular flexibility index (Phi) is 15.3. The Morgan fingerprint density at radius 1 is 0.855 bits per heavy atom. The molecule has 0 bridgehead atoms. The highest BCUT2D eigenvalue weighted by atomic mass is 35.5. The molecule has 3 aromatic rings. The number of amides is 3. The van der Waals surface area contributed by atoms with E-state index in [9.17, 15) is 50.7 Å². The molecule has 0 aromatic heterocycles. The Morgan fingerprint density at radius 3 is 2.02 bits per heavy atom. The normalized spacial score (nSPS) is 13.2. The van der Waals surface area contributed by atoms with Gasteiger partial charge >= 0.3 is 18.1 Å². The highest BCUT2D eigenvalue weighted by Crippen LogP contribution is 2.30. The molecule has 0 aliphatic heterocycles. The second-order valence-corrected chi connectivity index (χ2v) is 13.0. The summed E-state index contributed by atoms with van der Waals surface area (Å²) >= 11 is 6.04. The Hall–Kier alpha value is -5.58.